The molecule has 1 aromatic heterocycles. The van der Waals surface area contributed by atoms with E-state index in [1.54, 1.807) is 4.90 Å². The Bertz CT molecular complexity index is 667. The maximum absolute atomic E-state index is 11.7. The average molecular weight is 288 g/mol. The monoisotopic (exact) mass is 288 g/mol. The molecule has 0 aliphatic carbocycles. The van der Waals surface area contributed by atoms with Crippen molar-refractivity contribution in [2.24, 2.45) is 5.73 Å². The molecule has 112 valence electrons. The molecule has 6 nitrogen and oxygen atoms in total. The molecule has 3 N–H and O–H groups in total. The van der Waals surface area contributed by atoms with E-state index < -0.39 is 0 Å². The average Bonchev–Trinajstić information content (AvgIpc) is 2.86. The first-order valence-electron chi connectivity index (χ1n) is 7.21. The van der Waals surface area contributed by atoms with Crippen LogP contribution in [0.15, 0.2) is 22.6 Å². The number of hydrogen-bond donors (Lipinski definition) is 2. The van der Waals surface area contributed by atoms with Crippen LogP contribution < -0.4 is 11.1 Å². The van der Waals surface area contributed by atoms with Crippen LogP contribution in [0.4, 0.5) is 4.79 Å². The van der Waals surface area contributed by atoms with E-state index in [1.807, 2.05) is 25.1 Å². The zero-order valence-electron chi connectivity index (χ0n) is 12.3. The van der Waals surface area contributed by atoms with E-state index in [2.05, 4.69) is 17.2 Å². The van der Waals surface area contributed by atoms with Gasteiger partial charge in [-0.25, -0.2) is 9.78 Å². The van der Waals surface area contributed by atoms with E-state index in [-0.39, 0.29) is 18.0 Å². The Labute approximate surface area is 123 Å². The molecule has 1 fully saturated rings. The molecule has 2 amide bonds. The quantitative estimate of drug-likeness (QED) is 0.879. The Balaban J connectivity index is 1.98. The summed E-state index contributed by atoms with van der Waals surface area (Å²) in [6.07, 6.45) is 0. The fourth-order valence-corrected chi connectivity index (χ4v) is 3.10. The largest absolute Gasteiger partial charge is 0.441 e. The Kier molecular flexibility index (Phi) is 3.55. The number of carbonyl (C=O) groups excluding carboxylic acids is 1. The number of aryl methyl sites for hydroxylation is 1. The number of hydrogen-bond acceptors (Lipinski definition) is 4. The van der Waals surface area contributed by atoms with Crippen LogP contribution in [0.2, 0.25) is 0 Å². The Morgan fingerprint density at radius 2 is 2.38 bits per heavy atom. The van der Waals surface area contributed by atoms with Crippen LogP contribution in [-0.4, -0.2) is 41.6 Å². The first kappa shape index (κ1) is 13.9. The number of oxazole rings is 1. The highest BCUT2D eigenvalue weighted by atomic mass is 16.3. The third-order valence-corrected chi connectivity index (χ3v) is 4.19. The van der Waals surface area contributed by atoms with E-state index in [0.29, 0.717) is 12.4 Å². The summed E-state index contributed by atoms with van der Waals surface area (Å²) in [5.74, 6) is 0.775. The zero-order valence-corrected chi connectivity index (χ0v) is 12.3. The van der Waals surface area contributed by atoms with Crippen molar-refractivity contribution in [2.75, 3.05) is 19.6 Å². The lowest BCUT2D eigenvalue weighted by Crippen LogP contribution is -2.57. The number of nitrogens with zero attached hydrogens (tertiary/aromatic N) is 2. The molecule has 0 bridgehead atoms. The van der Waals surface area contributed by atoms with E-state index in [4.69, 9.17) is 10.2 Å². The number of piperazine rings is 1. The lowest BCUT2D eigenvalue weighted by atomic mass is 9.90. The molecular weight excluding hydrogens is 268 g/mol. The molecule has 0 radical (unpaired) electrons. The van der Waals surface area contributed by atoms with Crippen molar-refractivity contribution in [3.63, 3.8) is 0 Å². The molecule has 0 spiro atoms. The Hall–Kier alpha value is -2.08. The molecule has 1 aromatic carbocycles. The predicted octanol–water partition coefficient (Wildman–Crippen LogP) is 1.59. The second kappa shape index (κ2) is 5.37. The summed E-state index contributed by atoms with van der Waals surface area (Å²) in [4.78, 5) is 17.9. The van der Waals surface area contributed by atoms with Gasteiger partial charge in [-0.05, 0) is 11.6 Å². The highest BCUT2D eigenvalue weighted by molar-refractivity contribution is 5.78. The van der Waals surface area contributed by atoms with Gasteiger partial charge in [0.15, 0.2) is 11.5 Å². The Morgan fingerprint density at radius 3 is 3.14 bits per heavy atom. The van der Waals surface area contributed by atoms with Gasteiger partial charge in [0.25, 0.3) is 0 Å². The fraction of sp³-hybridized carbons (Fsp3) is 0.467. The molecule has 1 unspecified atom stereocenters. The minimum atomic E-state index is -0.364. The van der Waals surface area contributed by atoms with Crippen molar-refractivity contribution in [3.8, 4) is 0 Å². The molecule has 1 aliphatic rings. The molecular formula is C15H20N4O2. The summed E-state index contributed by atoms with van der Waals surface area (Å²) in [6, 6.07) is 5.58. The highest BCUT2D eigenvalue weighted by Crippen LogP contribution is 2.30. The predicted molar refractivity (Wildman–Crippen MR) is 80.1 cm³/mol. The minimum absolute atomic E-state index is 0.0267. The van der Waals surface area contributed by atoms with Crippen molar-refractivity contribution >= 4 is 17.1 Å². The highest BCUT2D eigenvalue weighted by Gasteiger charge is 2.31. The van der Waals surface area contributed by atoms with E-state index in [9.17, 15) is 4.79 Å². The maximum atomic E-state index is 11.7. The first-order valence-corrected chi connectivity index (χ1v) is 7.21. The summed E-state index contributed by atoms with van der Waals surface area (Å²) >= 11 is 0. The number of aromatic nitrogens is 1. The molecule has 21 heavy (non-hydrogen) atoms. The normalized spacial score (nSPS) is 20.7. The standard InChI is InChI=1S/C15H20N4O2/c1-9(12-8-17-6-7-19(12)15(16)20)11-4-3-5-13-14(11)18-10(2)21-13/h3-5,9,12,17H,6-8H2,1-2H3,(H2,16,20)/t9-,12?/m0/s1. The third-order valence-electron chi connectivity index (χ3n) is 4.19. The van der Waals surface area contributed by atoms with E-state index in [1.165, 1.54) is 0 Å². The molecule has 2 aromatic rings. The van der Waals surface area contributed by atoms with E-state index >= 15 is 0 Å². The van der Waals surface area contributed by atoms with Crippen molar-refractivity contribution in [1.82, 2.24) is 15.2 Å². The van der Waals surface area contributed by atoms with Crippen molar-refractivity contribution in [3.05, 3.63) is 29.7 Å². The van der Waals surface area contributed by atoms with Gasteiger partial charge in [-0.2, -0.15) is 0 Å². The topological polar surface area (TPSA) is 84.4 Å². The lowest BCUT2D eigenvalue weighted by molar-refractivity contribution is 0.155. The van der Waals surface area contributed by atoms with Gasteiger partial charge in [-0.1, -0.05) is 19.1 Å². The van der Waals surface area contributed by atoms with Gasteiger partial charge in [-0.15, -0.1) is 0 Å². The summed E-state index contributed by atoms with van der Waals surface area (Å²) in [7, 11) is 0. The molecule has 2 heterocycles. The number of nitrogens with one attached hydrogen (secondary N) is 1. The fourth-order valence-electron chi connectivity index (χ4n) is 3.10. The van der Waals surface area contributed by atoms with Crippen molar-refractivity contribution < 1.29 is 9.21 Å². The molecule has 1 aliphatic heterocycles. The SMILES string of the molecule is Cc1nc2c([C@H](C)C3CNCCN3C(N)=O)cccc2o1. The maximum Gasteiger partial charge on any atom is 0.315 e. The smallest absolute Gasteiger partial charge is 0.315 e. The van der Waals surface area contributed by atoms with Crippen molar-refractivity contribution in [2.45, 2.75) is 25.8 Å². The van der Waals surface area contributed by atoms with Gasteiger partial charge in [0.1, 0.15) is 5.52 Å². The van der Waals surface area contributed by atoms with Crippen LogP contribution in [0.5, 0.6) is 0 Å². The third kappa shape index (κ3) is 2.47. The molecule has 6 heteroatoms. The van der Waals surface area contributed by atoms with Crippen LogP contribution in [-0.2, 0) is 0 Å². The number of nitrogens with two attached hydrogens (primary N) is 1. The van der Waals surface area contributed by atoms with Crippen molar-refractivity contribution in [1.29, 1.82) is 0 Å². The van der Waals surface area contributed by atoms with Crippen LogP contribution in [0.1, 0.15) is 24.3 Å². The molecule has 2 atom stereocenters. The number of fused-ring (bicyclic) bond motifs is 1. The number of primary amides is 1. The lowest BCUT2D eigenvalue weighted by Gasteiger charge is -2.38. The van der Waals surface area contributed by atoms with Gasteiger partial charge in [-0.3, -0.25) is 0 Å². The molecule has 3 rings (SSSR count). The summed E-state index contributed by atoms with van der Waals surface area (Å²) in [5, 5.41) is 3.33. The van der Waals surface area contributed by atoms with Crippen LogP contribution in [0.3, 0.4) is 0 Å². The zero-order chi connectivity index (χ0) is 15.0. The summed E-state index contributed by atoms with van der Waals surface area (Å²) in [6.45, 7) is 6.09. The van der Waals surface area contributed by atoms with Gasteiger partial charge in [0.2, 0.25) is 0 Å². The number of rotatable bonds is 2. The van der Waals surface area contributed by atoms with Gasteiger partial charge in [0.05, 0.1) is 6.04 Å². The van der Waals surface area contributed by atoms with Crippen LogP contribution in [0, 0.1) is 6.92 Å². The second-order valence-electron chi connectivity index (χ2n) is 5.52. The summed E-state index contributed by atoms with van der Waals surface area (Å²) < 4.78 is 5.59. The molecule has 1 saturated heterocycles. The number of para-hydroxylation sites is 1. The first-order chi connectivity index (χ1) is 10.1. The van der Waals surface area contributed by atoms with Crippen LogP contribution in [0.25, 0.3) is 11.1 Å². The van der Waals surface area contributed by atoms with E-state index in [0.717, 1.165) is 29.8 Å². The Morgan fingerprint density at radius 1 is 1.57 bits per heavy atom. The summed E-state index contributed by atoms with van der Waals surface area (Å²) in [5.41, 5.74) is 8.26. The van der Waals surface area contributed by atoms with Gasteiger partial charge in [0, 0.05) is 32.5 Å². The second-order valence-corrected chi connectivity index (χ2v) is 5.52. The molecule has 0 saturated carbocycles. The number of benzene rings is 1. The number of urea groups is 1. The number of amides is 2. The van der Waals surface area contributed by atoms with Gasteiger partial charge >= 0.3 is 6.03 Å². The van der Waals surface area contributed by atoms with Crippen LogP contribution >= 0.6 is 0 Å². The van der Waals surface area contributed by atoms with Gasteiger partial charge < -0.3 is 20.4 Å². The minimum Gasteiger partial charge on any atom is -0.441 e. The number of carbonyl (C=O) groups is 1.